The zero-order valence-electron chi connectivity index (χ0n) is 7.56. The molecule has 0 aliphatic heterocycles. The number of anilines is 1. The van der Waals surface area contributed by atoms with E-state index in [1.165, 1.54) is 0 Å². The van der Waals surface area contributed by atoms with Crippen LogP contribution in [-0.2, 0) is 0 Å². The average Bonchev–Trinajstić information content (AvgIpc) is 2.56. The van der Waals surface area contributed by atoms with E-state index >= 15 is 0 Å². The maximum Gasteiger partial charge on any atom is 0.151 e. The molecule has 0 radical (unpaired) electrons. The lowest BCUT2D eigenvalue weighted by Gasteiger charge is -1.88. The molecule has 2 aromatic rings. The van der Waals surface area contributed by atoms with Gasteiger partial charge in [0, 0.05) is 11.4 Å². The van der Waals surface area contributed by atoms with Gasteiger partial charge in [-0.2, -0.15) is 0 Å². The van der Waals surface area contributed by atoms with E-state index < -0.39 is 0 Å². The molecule has 72 valence electrons. The number of rotatable bonds is 3. The zero-order chi connectivity index (χ0) is 9.97. The Hall–Kier alpha value is -1.000. The monoisotopic (exact) mass is 222 g/mol. The van der Waals surface area contributed by atoms with Gasteiger partial charge in [0.2, 0.25) is 0 Å². The van der Waals surface area contributed by atoms with Gasteiger partial charge in [-0.3, -0.25) is 0 Å². The van der Waals surface area contributed by atoms with Crippen LogP contribution in [0.1, 0.15) is 0 Å². The van der Waals surface area contributed by atoms with Crippen molar-refractivity contribution < 1.29 is 0 Å². The fourth-order valence-corrected chi connectivity index (χ4v) is 2.99. The first-order valence-electron chi connectivity index (χ1n) is 4.19. The number of hydrogen-bond acceptors (Lipinski definition) is 4. The summed E-state index contributed by atoms with van der Waals surface area (Å²) in [6, 6.07) is 5.80. The molecule has 0 saturated carbocycles. The third kappa shape index (κ3) is 1.91. The lowest BCUT2D eigenvalue weighted by atomic mass is 10.3. The van der Waals surface area contributed by atoms with E-state index in [0.717, 1.165) is 26.0 Å². The third-order valence-electron chi connectivity index (χ3n) is 1.72. The highest BCUT2D eigenvalue weighted by molar-refractivity contribution is 8.01. The van der Waals surface area contributed by atoms with Crippen molar-refractivity contribution in [3.8, 4) is 0 Å². The second kappa shape index (κ2) is 4.02. The largest absolute Gasteiger partial charge is 0.399 e. The molecule has 0 fully saturated rings. The minimum atomic E-state index is 0.793. The topological polar surface area (TPSA) is 38.9 Å². The first kappa shape index (κ1) is 9.55. The van der Waals surface area contributed by atoms with E-state index in [2.05, 4.69) is 11.6 Å². The van der Waals surface area contributed by atoms with Crippen LogP contribution in [0.25, 0.3) is 10.2 Å². The summed E-state index contributed by atoms with van der Waals surface area (Å²) in [5.41, 5.74) is 7.51. The summed E-state index contributed by atoms with van der Waals surface area (Å²) in [4.78, 5) is 4.47. The number of aromatic nitrogens is 1. The van der Waals surface area contributed by atoms with Crippen molar-refractivity contribution in [1.82, 2.24) is 4.98 Å². The highest BCUT2D eigenvalue weighted by Gasteiger charge is 2.03. The molecule has 0 saturated heterocycles. The van der Waals surface area contributed by atoms with E-state index in [9.17, 15) is 0 Å². The van der Waals surface area contributed by atoms with Crippen LogP contribution < -0.4 is 5.73 Å². The van der Waals surface area contributed by atoms with E-state index in [4.69, 9.17) is 5.73 Å². The lowest BCUT2D eigenvalue weighted by molar-refractivity contribution is 1.30. The molecule has 0 spiro atoms. The Kier molecular flexibility index (Phi) is 2.74. The van der Waals surface area contributed by atoms with Gasteiger partial charge in [-0.1, -0.05) is 17.8 Å². The fourth-order valence-electron chi connectivity index (χ4n) is 1.11. The summed E-state index contributed by atoms with van der Waals surface area (Å²) in [6.07, 6.45) is 1.88. The highest BCUT2D eigenvalue weighted by Crippen LogP contribution is 2.30. The maximum atomic E-state index is 5.69. The minimum absolute atomic E-state index is 0.793. The van der Waals surface area contributed by atoms with Crippen LogP contribution in [0.4, 0.5) is 5.69 Å². The second-order valence-corrected chi connectivity index (χ2v) is 5.10. The number of nitrogen functional groups attached to an aromatic ring is 1. The molecule has 0 bridgehead atoms. The van der Waals surface area contributed by atoms with Gasteiger partial charge in [-0.25, -0.2) is 4.98 Å². The molecule has 2 rings (SSSR count). The van der Waals surface area contributed by atoms with Crippen molar-refractivity contribution in [3.05, 3.63) is 30.9 Å². The summed E-state index contributed by atoms with van der Waals surface area (Å²) < 4.78 is 2.22. The predicted octanol–water partition coefficient (Wildman–Crippen LogP) is 3.16. The number of nitrogens with two attached hydrogens (primary N) is 1. The normalized spacial score (nSPS) is 10.6. The molecule has 14 heavy (non-hydrogen) atoms. The molecule has 1 aromatic heterocycles. The van der Waals surface area contributed by atoms with Gasteiger partial charge >= 0.3 is 0 Å². The van der Waals surface area contributed by atoms with Crippen molar-refractivity contribution in [3.63, 3.8) is 0 Å². The molecular weight excluding hydrogens is 212 g/mol. The summed E-state index contributed by atoms with van der Waals surface area (Å²) in [6.45, 7) is 3.68. The van der Waals surface area contributed by atoms with Gasteiger partial charge in [0.05, 0.1) is 10.2 Å². The van der Waals surface area contributed by atoms with Gasteiger partial charge in [0.25, 0.3) is 0 Å². The van der Waals surface area contributed by atoms with Crippen LogP contribution in [0.5, 0.6) is 0 Å². The van der Waals surface area contributed by atoms with Gasteiger partial charge in [0.1, 0.15) is 0 Å². The lowest BCUT2D eigenvalue weighted by Crippen LogP contribution is -1.81. The van der Waals surface area contributed by atoms with Crippen molar-refractivity contribution in [1.29, 1.82) is 0 Å². The van der Waals surface area contributed by atoms with Crippen LogP contribution in [0.15, 0.2) is 35.2 Å². The van der Waals surface area contributed by atoms with Crippen LogP contribution >= 0.6 is 23.1 Å². The van der Waals surface area contributed by atoms with Crippen molar-refractivity contribution in [2.75, 3.05) is 11.5 Å². The number of hydrogen-bond donors (Lipinski definition) is 1. The first-order chi connectivity index (χ1) is 6.79. The Morgan fingerprint density at radius 2 is 2.43 bits per heavy atom. The molecule has 0 unspecified atom stereocenters. The van der Waals surface area contributed by atoms with E-state index in [1.54, 1.807) is 23.1 Å². The smallest absolute Gasteiger partial charge is 0.151 e. The van der Waals surface area contributed by atoms with E-state index in [1.807, 2.05) is 24.3 Å². The standard InChI is InChI=1S/C10H10N2S2/c1-2-5-13-10-12-8-4-3-7(11)6-9(8)14-10/h2-4,6H,1,5,11H2. The quantitative estimate of drug-likeness (QED) is 0.492. The summed E-state index contributed by atoms with van der Waals surface area (Å²) in [7, 11) is 0. The van der Waals surface area contributed by atoms with Crippen LogP contribution in [0, 0.1) is 0 Å². The second-order valence-electron chi connectivity index (χ2n) is 2.81. The summed E-state index contributed by atoms with van der Waals surface area (Å²) in [5, 5.41) is 0. The number of fused-ring (bicyclic) bond motifs is 1. The first-order valence-corrected chi connectivity index (χ1v) is 5.99. The molecule has 0 aliphatic rings. The van der Waals surface area contributed by atoms with Crippen LogP contribution in [0.2, 0.25) is 0 Å². The van der Waals surface area contributed by atoms with Crippen LogP contribution in [0.3, 0.4) is 0 Å². The molecule has 0 amide bonds. The number of thiazole rings is 1. The Morgan fingerprint density at radius 3 is 3.21 bits per heavy atom. The highest BCUT2D eigenvalue weighted by atomic mass is 32.2. The van der Waals surface area contributed by atoms with E-state index in [0.29, 0.717) is 0 Å². The molecule has 0 aliphatic carbocycles. The Bertz CT molecular complexity index is 462. The zero-order valence-corrected chi connectivity index (χ0v) is 9.20. The minimum Gasteiger partial charge on any atom is -0.399 e. The van der Waals surface area contributed by atoms with Crippen LogP contribution in [-0.4, -0.2) is 10.7 Å². The average molecular weight is 222 g/mol. The summed E-state index contributed by atoms with van der Waals surface area (Å²) in [5.74, 6) is 0.898. The van der Waals surface area contributed by atoms with Crippen molar-refractivity contribution >= 4 is 39.0 Å². The molecule has 4 heteroatoms. The Morgan fingerprint density at radius 1 is 1.57 bits per heavy atom. The molecule has 1 aromatic carbocycles. The Balaban J connectivity index is 2.36. The Labute approximate surface area is 90.8 Å². The molecule has 2 nitrogen and oxygen atoms in total. The van der Waals surface area contributed by atoms with Gasteiger partial charge in [0.15, 0.2) is 4.34 Å². The van der Waals surface area contributed by atoms with E-state index in [-0.39, 0.29) is 0 Å². The predicted molar refractivity (Wildman–Crippen MR) is 65.0 cm³/mol. The molecular formula is C10H10N2S2. The van der Waals surface area contributed by atoms with Gasteiger partial charge in [-0.15, -0.1) is 17.9 Å². The summed E-state index contributed by atoms with van der Waals surface area (Å²) >= 11 is 3.38. The van der Waals surface area contributed by atoms with Gasteiger partial charge < -0.3 is 5.73 Å². The van der Waals surface area contributed by atoms with Crippen molar-refractivity contribution in [2.45, 2.75) is 4.34 Å². The number of thioether (sulfide) groups is 1. The molecule has 0 atom stereocenters. The number of benzene rings is 1. The van der Waals surface area contributed by atoms with Crippen molar-refractivity contribution in [2.24, 2.45) is 0 Å². The number of nitrogens with zero attached hydrogens (tertiary/aromatic N) is 1. The third-order valence-corrected chi connectivity index (χ3v) is 3.87. The van der Waals surface area contributed by atoms with Gasteiger partial charge in [-0.05, 0) is 18.2 Å². The fraction of sp³-hybridized carbons (Fsp3) is 0.100. The molecule has 1 heterocycles. The maximum absolute atomic E-state index is 5.69. The SMILES string of the molecule is C=CCSc1nc2ccc(N)cc2s1. The molecule has 2 N–H and O–H groups in total.